The average molecular weight is 418 g/mol. The minimum absolute atomic E-state index is 0.168. The Bertz CT molecular complexity index is 1060. The highest BCUT2D eigenvalue weighted by Gasteiger charge is 2.24. The number of rotatable bonds is 5. The van der Waals surface area contributed by atoms with Crippen molar-refractivity contribution in [1.82, 2.24) is 5.32 Å². The van der Waals surface area contributed by atoms with Crippen LogP contribution >= 0.6 is 0 Å². The van der Waals surface area contributed by atoms with Crippen molar-refractivity contribution < 1.29 is 9.18 Å². The van der Waals surface area contributed by atoms with Crippen LogP contribution in [0.2, 0.25) is 0 Å². The second-order valence-corrected chi connectivity index (χ2v) is 8.16. The average Bonchev–Trinajstić information content (AvgIpc) is 3.28. The summed E-state index contributed by atoms with van der Waals surface area (Å²) in [4.78, 5) is 16.5. The lowest BCUT2D eigenvalue weighted by Crippen LogP contribution is -2.30. The van der Waals surface area contributed by atoms with Gasteiger partial charge in [-0.15, -0.1) is 0 Å². The summed E-state index contributed by atoms with van der Waals surface area (Å²) < 4.78 is 14.8. The topological polar surface area (TPSA) is 35.6 Å². The summed E-state index contributed by atoms with van der Waals surface area (Å²) in [6.07, 6.45) is 0.995. The fourth-order valence-corrected chi connectivity index (χ4v) is 4.04. The van der Waals surface area contributed by atoms with Crippen molar-refractivity contribution in [2.24, 2.45) is 0 Å². The van der Waals surface area contributed by atoms with Gasteiger partial charge in [0.25, 0.3) is 5.91 Å². The maximum absolute atomic E-state index is 14.8. The number of benzene rings is 3. The number of hydrogen-bond donors (Lipinski definition) is 1. The summed E-state index contributed by atoms with van der Waals surface area (Å²) in [6, 6.07) is 21.2. The minimum atomic E-state index is -0.302. The molecule has 0 saturated carbocycles. The molecule has 3 aromatic rings. The van der Waals surface area contributed by atoms with Crippen LogP contribution in [0.1, 0.15) is 22.3 Å². The largest absolute Gasteiger partial charge is 0.368 e. The highest BCUT2D eigenvalue weighted by Crippen LogP contribution is 2.28. The van der Waals surface area contributed by atoms with Crippen LogP contribution in [-0.2, 0) is 0 Å². The predicted octanol–water partition coefficient (Wildman–Crippen LogP) is 4.88. The zero-order chi connectivity index (χ0) is 22.0. The van der Waals surface area contributed by atoms with Gasteiger partial charge < -0.3 is 15.1 Å². The molecule has 0 bridgehead atoms. The Kier molecular flexibility index (Phi) is 6.05. The Morgan fingerprint density at radius 1 is 1.03 bits per heavy atom. The number of anilines is 2. The van der Waals surface area contributed by atoms with Crippen molar-refractivity contribution in [3.05, 3.63) is 83.7 Å². The molecule has 5 heteroatoms. The van der Waals surface area contributed by atoms with Crippen LogP contribution in [0.15, 0.2) is 66.7 Å². The SMILES string of the molecule is CNC1CCN(c2ccc(N(C)C(=O)c3ccc(-c4ccc(C)cc4)cc3)cc2F)C1. The first kappa shape index (κ1) is 21.1. The molecule has 1 amide bonds. The highest BCUT2D eigenvalue weighted by molar-refractivity contribution is 6.06. The molecule has 0 aliphatic carbocycles. The Hall–Kier alpha value is -3.18. The third-order valence-electron chi connectivity index (χ3n) is 6.08. The van der Waals surface area contributed by atoms with Crippen LogP contribution in [0.3, 0.4) is 0 Å². The molecule has 1 aliphatic heterocycles. The Morgan fingerprint density at radius 3 is 2.26 bits per heavy atom. The first-order valence-corrected chi connectivity index (χ1v) is 10.6. The van der Waals surface area contributed by atoms with Crippen LogP contribution in [0.4, 0.5) is 15.8 Å². The van der Waals surface area contributed by atoms with Gasteiger partial charge in [0.2, 0.25) is 0 Å². The van der Waals surface area contributed by atoms with E-state index >= 15 is 0 Å². The van der Waals surface area contributed by atoms with Gasteiger partial charge in [0.05, 0.1) is 5.69 Å². The summed E-state index contributed by atoms with van der Waals surface area (Å²) >= 11 is 0. The lowest BCUT2D eigenvalue weighted by Gasteiger charge is -2.22. The standard InChI is InChI=1S/C26H28FN3O/c1-18-4-6-19(7-5-18)20-8-10-21(11-9-20)26(31)29(3)23-12-13-25(24(27)16-23)30-15-14-22(17-30)28-2/h4-13,16,22,28H,14-15,17H2,1-3H3. The van der Waals surface area contributed by atoms with Crippen molar-refractivity contribution in [3.63, 3.8) is 0 Å². The molecule has 1 heterocycles. The van der Waals surface area contributed by atoms with Gasteiger partial charge in [-0.25, -0.2) is 4.39 Å². The molecule has 1 N–H and O–H groups in total. The fourth-order valence-electron chi connectivity index (χ4n) is 4.04. The van der Waals surface area contributed by atoms with Crippen molar-refractivity contribution in [2.45, 2.75) is 19.4 Å². The van der Waals surface area contributed by atoms with Crippen LogP contribution in [-0.4, -0.2) is 39.1 Å². The van der Waals surface area contributed by atoms with Crippen molar-refractivity contribution >= 4 is 17.3 Å². The lowest BCUT2D eigenvalue weighted by molar-refractivity contribution is 0.0993. The van der Waals surface area contributed by atoms with Crippen molar-refractivity contribution in [1.29, 1.82) is 0 Å². The summed E-state index contributed by atoms with van der Waals surface area (Å²) in [5.74, 6) is -0.470. The van der Waals surface area contributed by atoms with Crippen LogP contribution < -0.4 is 15.1 Å². The van der Waals surface area contributed by atoms with E-state index in [1.165, 1.54) is 16.5 Å². The third kappa shape index (κ3) is 4.47. The number of amides is 1. The van der Waals surface area contributed by atoms with Gasteiger partial charge in [-0.1, -0.05) is 42.0 Å². The molecule has 1 unspecified atom stereocenters. The predicted molar refractivity (Wildman–Crippen MR) is 125 cm³/mol. The second kappa shape index (κ2) is 8.90. The Labute approximate surface area is 183 Å². The van der Waals surface area contributed by atoms with Crippen LogP contribution in [0.5, 0.6) is 0 Å². The van der Waals surface area contributed by atoms with E-state index in [2.05, 4.69) is 36.5 Å². The normalized spacial score (nSPS) is 15.9. The number of aryl methyl sites for hydroxylation is 1. The van der Waals surface area contributed by atoms with Crippen LogP contribution in [0.25, 0.3) is 11.1 Å². The first-order chi connectivity index (χ1) is 15.0. The van der Waals surface area contributed by atoms with E-state index in [4.69, 9.17) is 0 Å². The second-order valence-electron chi connectivity index (χ2n) is 8.16. The quantitative estimate of drug-likeness (QED) is 0.643. The molecule has 1 saturated heterocycles. The number of nitrogens with zero attached hydrogens (tertiary/aromatic N) is 2. The van der Waals surface area contributed by atoms with Gasteiger partial charge in [0.15, 0.2) is 0 Å². The van der Waals surface area contributed by atoms with E-state index in [0.29, 0.717) is 23.0 Å². The van der Waals surface area contributed by atoms with E-state index in [1.54, 1.807) is 13.1 Å². The van der Waals surface area contributed by atoms with Gasteiger partial charge in [-0.3, -0.25) is 4.79 Å². The molecule has 0 radical (unpaired) electrons. The molecule has 3 aromatic carbocycles. The highest BCUT2D eigenvalue weighted by atomic mass is 19.1. The monoisotopic (exact) mass is 417 g/mol. The molecule has 0 spiro atoms. The molecular formula is C26H28FN3O. The third-order valence-corrected chi connectivity index (χ3v) is 6.08. The molecule has 1 atom stereocenters. The maximum Gasteiger partial charge on any atom is 0.258 e. The number of hydrogen-bond acceptors (Lipinski definition) is 3. The zero-order valence-electron chi connectivity index (χ0n) is 18.2. The number of carbonyl (C=O) groups is 1. The molecule has 4 nitrogen and oxygen atoms in total. The molecule has 160 valence electrons. The lowest BCUT2D eigenvalue weighted by atomic mass is 10.0. The van der Waals surface area contributed by atoms with Gasteiger partial charge >= 0.3 is 0 Å². The number of halogens is 1. The minimum Gasteiger partial charge on any atom is -0.368 e. The summed E-state index contributed by atoms with van der Waals surface area (Å²) in [5.41, 5.74) is 5.07. The van der Waals surface area contributed by atoms with E-state index in [-0.39, 0.29) is 11.7 Å². The number of carbonyl (C=O) groups excluding carboxylic acids is 1. The Balaban J connectivity index is 1.49. The molecule has 1 fully saturated rings. The van der Waals surface area contributed by atoms with Crippen LogP contribution in [0, 0.1) is 12.7 Å². The summed E-state index contributed by atoms with van der Waals surface area (Å²) in [7, 11) is 3.61. The van der Waals surface area contributed by atoms with Gasteiger partial charge in [-0.05, 0) is 61.9 Å². The fraction of sp³-hybridized carbons (Fsp3) is 0.269. The number of likely N-dealkylation sites (N-methyl/N-ethyl adjacent to an activating group) is 1. The van der Waals surface area contributed by atoms with E-state index in [9.17, 15) is 9.18 Å². The summed E-state index contributed by atoms with van der Waals surface area (Å²) in [5, 5.41) is 3.25. The van der Waals surface area contributed by atoms with E-state index in [0.717, 1.165) is 30.6 Å². The molecular weight excluding hydrogens is 389 g/mol. The summed E-state index contributed by atoms with van der Waals surface area (Å²) in [6.45, 7) is 3.67. The smallest absolute Gasteiger partial charge is 0.258 e. The Morgan fingerprint density at radius 2 is 1.68 bits per heavy atom. The first-order valence-electron chi connectivity index (χ1n) is 10.6. The molecule has 31 heavy (non-hydrogen) atoms. The van der Waals surface area contributed by atoms with Crippen molar-refractivity contribution in [2.75, 3.05) is 37.0 Å². The molecule has 0 aromatic heterocycles. The molecule has 1 aliphatic rings. The van der Waals surface area contributed by atoms with E-state index in [1.807, 2.05) is 42.3 Å². The van der Waals surface area contributed by atoms with Gasteiger partial charge in [0, 0.05) is 37.4 Å². The van der Waals surface area contributed by atoms with E-state index < -0.39 is 0 Å². The van der Waals surface area contributed by atoms with Crippen molar-refractivity contribution in [3.8, 4) is 11.1 Å². The number of nitrogens with one attached hydrogen (secondary N) is 1. The zero-order valence-corrected chi connectivity index (χ0v) is 18.2. The van der Waals surface area contributed by atoms with Gasteiger partial charge in [-0.2, -0.15) is 0 Å². The maximum atomic E-state index is 14.8. The molecule has 4 rings (SSSR count). The van der Waals surface area contributed by atoms with Gasteiger partial charge in [0.1, 0.15) is 5.82 Å².